The Bertz CT molecular complexity index is 624. The fourth-order valence-electron chi connectivity index (χ4n) is 1.67. The molecule has 0 unspecified atom stereocenters. The summed E-state index contributed by atoms with van der Waals surface area (Å²) in [6.07, 6.45) is 3.37. The topological polar surface area (TPSA) is 110 Å². The molecular weight excluding hydrogens is 264 g/mol. The normalized spacial score (nSPS) is 10.2. The van der Waals surface area contributed by atoms with Crippen molar-refractivity contribution in [2.75, 3.05) is 6.54 Å². The number of nitro groups is 1. The zero-order valence-corrected chi connectivity index (χ0v) is 10.4. The molecule has 0 aliphatic heterocycles. The third-order valence-corrected chi connectivity index (χ3v) is 2.64. The SMILES string of the molecule is O=C(NCCn1cccn1)c1cccc([N+](=O)[O-])c1O. The van der Waals surface area contributed by atoms with Crippen LogP contribution in [0, 0.1) is 10.1 Å². The standard InChI is InChI=1S/C12H12N4O4/c17-11-9(3-1-4-10(11)16(19)20)12(18)13-6-8-15-7-2-5-14-15/h1-5,7,17H,6,8H2,(H,13,18). The van der Waals surface area contributed by atoms with Crippen LogP contribution in [0.4, 0.5) is 5.69 Å². The number of aromatic nitrogens is 2. The quantitative estimate of drug-likeness (QED) is 0.623. The first-order chi connectivity index (χ1) is 9.59. The molecule has 0 aliphatic rings. The predicted octanol–water partition coefficient (Wildman–Crippen LogP) is 0.927. The first-order valence-corrected chi connectivity index (χ1v) is 5.81. The lowest BCUT2D eigenvalue weighted by Crippen LogP contribution is -2.27. The van der Waals surface area contributed by atoms with E-state index in [9.17, 15) is 20.0 Å². The molecule has 1 heterocycles. The summed E-state index contributed by atoms with van der Waals surface area (Å²) in [5.74, 6) is -1.20. The Morgan fingerprint density at radius 2 is 2.25 bits per heavy atom. The molecule has 1 amide bonds. The first-order valence-electron chi connectivity index (χ1n) is 5.81. The fraction of sp³-hybridized carbons (Fsp3) is 0.167. The van der Waals surface area contributed by atoms with Crippen LogP contribution in [0.25, 0.3) is 0 Å². The maximum atomic E-state index is 11.8. The molecule has 8 heteroatoms. The number of phenolic OH excluding ortho intramolecular Hbond substituents is 1. The Morgan fingerprint density at radius 1 is 1.45 bits per heavy atom. The van der Waals surface area contributed by atoms with Gasteiger partial charge >= 0.3 is 5.69 Å². The molecular formula is C12H12N4O4. The average Bonchev–Trinajstić information content (AvgIpc) is 2.91. The number of hydrogen-bond donors (Lipinski definition) is 2. The van der Waals surface area contributed by atoms with E-state index >= 15 is 0 Å². The zero-order valence-electron chi connectivity index (χ0n) is 10.4. The molecule has 1 aromatic heterocycles. The average molecular weight is 276 g/mol. The lowest BCUT2D eigenvalue weighted by Gasteiger charge is -2.07. The van der Waals surface area contributed by atoms with Crippen LogP contribution in [0.2, 0.25) is 0 Å². The van der Waals surface area contributed by atoms with Crippen molar-refractivity contribution in [3.63, 3.8) is 0 Å². The van der Waals surface area contributed by atoms with E-state index in [1.54, 1.807) is 23.1 Å². The number of carbonyl (C=O) groups is 1. The van der Waals surface area contributed by atoms with Gasteiger partial charge in [-0.1, -0.05) is 6.07 Å². The number of nitrogens with one attached hydrogen (secondary N) is 1. The van der Waals surface area contributed by atoms with Crippen LogP contribution in [-0.2, 0) is 6.54 Å². The van der Waals surface area contributed by atoms with Gasteiger partial charge in [0.1, 0.15) is 0 Å². The molecule has 104 valence electrons. The molecule has 0 bridgehead atoms. The second-order valence-electron chi connectivity index (χ2n) is 3.96. The van der Waals surface area contributed by atoms with E-state index in [-0.39, 0.29) is 5.56 Å². The van der Waals surface area contributed by atoms with Crippen molar-refractivity contribution in [1.29, 1.82) is 0 Å². The summed E-state index contributed by atoms with van der Waals surface area (Å²) in [7, 11) is 0. The summed E-state index contributed by atoms with van der Waals surface area (Å²) in [6, 6.07) is 5.57. The minimum Gasteiger partial charge on any atom is -0.502 e. The number of para-hydroxylation sites is 1. The van der Waals surface area contributed by atoms with Crippen molar-refractivity contribution in [1.82, 2.24) is 15.1 Å². The van der Waals surface area contributed by atoms with Crippen molar-refractivity contribution in [3.05, 3.63) is 52.3 Å². The fourth-order valence-corrected chi connectivity index (χ4v) is 1.67. The molecule has 0 radical (unpaired) electrons. The number of aromatic hydroxyl groups is 1. The Balaban J connectivity index is 2.02. The molecule has 0 atom stereocenters. The van der Waals surface area contributed by atoms with Crippen molar-refractivity contribution in [2.45, 2.75) is 6.54 Å². The van der Waals surface area contributed by atoms with Gasteiger partial charge in [0.25, 0.3) is 5.91 Å². The lowest BCUT2D eigenvalue weighted by molar-refractivity contribution is -0.385. The minimum atomic E-state index is -0.740. The second-order valence-corrected chi connectivity index (χ2v) is 3.96. The Labute approximate surface area is 113 Å². The maximum absolute atomic E-state index is 11.8. The van der Waals surface area contributed by atoms with Crippen molar-refractivity contribution in [3.8, 4) is 5.75 Å². The van der Waals surface area contributed by atoms with E-state index in [1.165, 1.54) is 12.1 Å². The van der Waals surface area contributed by atoms with Crippen LogP contribution in [0.3, 0.4) is 0 Å². The molecule has 2 rings (SSSR count). The summed E-state index contributed by atoms with van der Waals surface area (Å²) in [5.41, 5.74) is -0.621. The third-order valence-electron chi connectivity index (χ3n) is 2.64. The van der Waals surface area contributed by atoms with Crippen LogP contribution in [0.15, 0.2) is 36.7 Å². The molecule has 20 heavy (non-hydrogen) atoms. The van der Waals surface area contributed by atoms with Crippen LogP contribution in [0.1, 0.15) is 10.4 Å². The highest BCUT2D eigenvalue weighted by molar-refractivity contribution is 5.98. The summed E-state index contributed by atoms with van der Waals surface area (Å²) < 4.78 is 1.63. The first kappa shape index (κ1) is 13.5. The molecule has 0 fully saturated rings. The number of amides is 1. The molecule has 0 aliphatic carbocycles. The van der Waals surface area contributed by atoms with Gasteiger partial charge in [0.15, 0.2) is 0 Å². The van der Waals surface area contributed by atoms with Gasteiger partial charge in [-0.2, -0.15) is 5.10 Å². The molecule has 0 saturated heterocycles. The summed E-state index contributed by atoms with van der Waals surface area (Å²) in [4.78, 5) is 21.8. The van der Waals surface area contributed by atoms with Gasteiger partial charge in [0, 0.05) is 25.0 Å². The van der Waals surface area contributed by atoms with E-state index in [2.05, 4.69) is 10.4 Å². The van der Waals surface area contributed by atoms with E-state index in [1.807, 2.05) is 0 Å². The highest BCUT2D eigenvalue weighted by Crippen LogP contribution is 2.28. The Kier molecular flexibility index (Phi) is 3.94. The molecule has 1 aromatic carbocycles. The maximum Gasteiger partial charge on any atom is 0.311 e. The van der Waals surface area contributed by atoms with Crippen LogP contribution < -0.4 is 5.32 Å². The molecule has 8 nitrogen and oxygen atoms in total. The number of carbonyl (C=O) groups excluding carboxylic acids is 1. The minimum absolute atomic E-state index is 0.125. The Hall–Kier alpha value is -2.90. The number of nitrogens with zero attached hydrogens (tertiary/aromatic N) is 3. The van der Waals surface area contributed by atoms with E-state index in [0.717, 1.165) is 6.07 Å². The van der Waals surface area contributed by atoms with Gasteiger partial charge in [-0.15, -0.1) is 0 Å². The van der Waals surface area contributed by atoms with E-state index in [4.69, 9.17) is 0 Å². The molecule has 0 spiro atoms. The second kappa shape index (κ2) is 5.83. The summed E-state index contributed by atoms with van der Waals surface area (Å²) >= 11 is 0. The Morgan fingerprint density at radius 3 is 2.90 bits per heavy atom. The van der Waals surface area contributed by atoms with Crippen LogP contribution in [-0.4, -0.2) is 32.3 Å². The predicted molar refractivity (Wildman–Crippen MR) is 69.3 cm³/mol. The molecule has 0 saturated carbocycles. The van der Waals surface area contributed by atoms with Crippen molar-refractivity contribution >= 4 is 11.6 Å². The molecule has 2 aromatic rings. The number of benzene rings is 1. The number of nitro benzene ring substituents is 1. The highest BCUT2D eigenvalue weighted by atomic mass is 16.6. The largest absolute Gasteiger partial charge is 0.502 e. The summed E-state index contributed by atoms with van der Waals surface area (Å²) in [5, 5.41) is 26.9. The van der Waals surface area contributed by atoms with Gasteiger partial charge in [-0.05, 0) is 12.1 Å². The van der Waals surface area contributed by atoms with Crippen LogP contribution >= 0.6 is 0 Å². The van der Waals surface area contributed by atoms with Crippen molar-refractivity contribution in [2.24, 2.45) is 0 Å². The molecule has 2 N–H and O–H groups in total. The van der Waals surface area contributed by atoms with E-state index in [0.29, 0.717) is 13.1 Å². The number of phenols is 1. The van der Waals surface area contributed by atoms with Gasteiger partial charge in [0.05, 0.1) is 17.0 Å². The number of rotatable bonds is 5. The van der Waals surface area contributed by atoms with Crippen LogP contribution in [0.5, 0.6) is 5.75 Å². The van der Waals surface area contributed by atoms with Crippen molar-refractivity contribution < 1.29 is 14.8 Å². The van der Waals surface area contributed by atoms with E-state index < -0.39 is 22.3 Å². The smallest absolute Gasteiger partial charge is 0.311 e. The monoisotopic (exact) mass is 276 g/mol. The van der Waals surface area contributed by atoms with Gasteiger partial charge in [-0.3, -0.25) is 19.6 Å². The number of hydrogen-bond acceptors (Lipinski definition) is 5. The zero-order chi connectivity index (χ0) is 14.5. The van der Waals surface area contributed by atoms with Gasteiger partial charge < -0.3 is 10.4 Å². The third kappa shape index (κ3) is 2.91. The lowest BCUT2D eigenvalue weighted by atomic mass is 10.1. The summed E-state index contributed by atoms with van der Waals surface area (Å²) in [6.45, 7) is 0.761. The van der Waals surface area contributed by atoms with Gasteiger partial charge in [0.2, 0.25) is 5.75 Å². The van der Waals surface area contributed by atoms with Gasteiger partial charge in [-0.25, -0.2) is 0 Å². The highest BCUT2D eigenvalue weighted by Gasteiger charge is 2.20.